The first kappa shape index (κ1) is 12.8. The molecule has 3 rings (SSSR count). The first-order chi connectivity index (χ1) is 9.16. The zero-order valence-corrected chi connectivity index (χ0v) is 12.8. The van der Waals surface area contributed by atoms with Crippen LogP contribution in [-0.2, 0) is 0 Å². The third-order valence-electron chi connectivity index (χ3n) is 3.29. The fourth-order valence-electron chi connectivity index (χ4n) is 2.33. The smallest absolute Gasteiger partial charge is 0.147 e. The lowest BCUT2D eigenvalue weighted by Crippen LogP contribution is -2.36. The Balaban J connectivity index is 2.09. The lowest BCUT2D eigenvalue weighted by Gasteiger charge is -2.36. The largest absolute Gasteiger partial charge is 0.371 e. The SMILES string of the molecule is CN1CCN(c2ncc(Cl)cc2Br)c2ccccc21. The van der Waals surface area contributed by atoms with Gasteiger partial charge in [-0.2, -0.15) is 0 Å². The van der Waals surface area contributed by atoms with E-state index in [1.165, 1.54) is 11.4 Å². The Kier molecular flexibility index (Phi) is 3.37. The van der Waals surface area contributed by atoms with Crippen LogP contribution in [0.1, 0.15) is 0 Å². The molecule has 98 valence electrons. The van der Waals surface area contributed by atoms with Crippen molar-refractivity contribution in [2.45, 2.75) is 0 Å². The van der Waals surface area contributed by atoms with Crippen molar-refractivity contribution in [1.29, 1.82) is 0 Å². The molecule has 0 bridgehead atoms. The highest BCUT2D eigenvalue weighted by molar-refractivity contribution is 9.10. The molecule has 0 amide bonds. The summed E-state index contributed by atoms with van der Waals surface area (Å²) in [6, 6.07) is 10.2. The van der Waals surface area contributed by atoms with Crippen LogP contribution in [0.25, 0.3) is 0 Å². The zero-order chi connectivity index (χ0) is 13.4. The van der Waals surface area contributed by atoms with Crippen LogP contribution in [0.5, 0.6) is 0 Å². The number of anilines is 3. The minimum atomic E-state index is 0.637. The van der Waals surface area contributed by atoms with Crippen LogP contribution in [0.15, 0.2) is 41.0 Å². The maximum Gasteiger partial charge on any atom is 0.147 e. The lowest BCUT2D eigenvalue weighted by atomic mass is 10.1. The minimum absolute atomic E-state index is 0.637. The van der Waals surface area contributed by atoms with E-state index < -0.39 is 0 Å². The number of fused-ring (bicyclic) bond motifs is 1. The van der Waals surface area contributed by atoms with Crippen molar-refractivity contribution in [1.82, 2.24) is 4.98 Å². The maximum atomic E-state index is 5.96. The number of hydrogen-bond donors (Lipinski definition) is 0. The summed E-state index contributed by atoms with van der Waals surface area (Å²) in [7, 11) is 2.11. The third kappa shape index (κ3) is 2.30. The number of pyridine rings is 1. The van der Waals surface area contributed by atoms with Gasteiger partial charge in [0, 0.05) is 26.3 Å². The summed E-state index contributed by atoms with van der Waals surface area (Å²) >= 11 is 9.51. The number of hydrogen-bond acceptors (Lipinski definition) is 3. The number of likely N-dealkylation sites (N-methyl/N-ethyl adjacent to an activating group) is 1. The van der Waals surface area contributed by atoms with E-state index in [0.29, 0.717) is 5.02 Å². The second kappa shape index (κ2) is 5.02. The van der Waals surface area contributed by atoms with E-state index in [4.69, 9.17) is 11.6 Å². The van der Waals surface area contributed by atoms with Crippen molar-refractivity contribution in [2.24, 2.45) is 0 Å². The molecule has 0 aliphatic carbocycles. The number of halogens is 2. The van der Waals surface area contributed by atoms with E-state index in [1.807, 2.05) is 6.07 Å². The van der Waals surface area contributed by atoms with Crippen molar-refractivity contribution < 1.29 is 0 Å². The summed E-state index contributed by atoms with van der Waals surface area (Å²) < 4.78 is 0.916. The first-order valence-corrected chi connectivity index (χ1v) is 7.22. The van der Waals surface area contributed by atoms with Gasteiger partial charge in [0.15, 0.2) is 0 Å². The molecule has 0 saturated heterocycles. The molecule has 2 heterocycles. The van der Waals surface area contributed by atoms with Crippen LogP contribution in [-0.4, -0.2) is 25.1 Å². The van der Waals surface area contributed by atoms with Gasteiger partial charge in [0.25, 0.3) is 0 Å². The summed E-state index contributed by atoms with van der Waals surface area (Å²) in [5.74, 6) is 0.907. The monoisotopic (exact) mass is 337 g/mol. The quantitative estimate of drug-likeness (QED) is 0.781. The van der Waals surface area contributed by atoms with Crippen molar-refractivity contribution in [2.75, 3.05) is 29.9 Å². The van der Waals surface area contributed by atoms with Gasteiger partial charge in [-0.3, -0.25) is 0 Å². The standard InChI is InChI=1S/C14H13BrClN3/c1-18-6-7-19(13-5-3-2-4-12(13)18)14-11(15)8-10(16)9-17-14/h2-5,8-9H,6-7H2,1H3. The Hall–Kier alpha value is -1.26. The summed E-state index contributed by atoms with van der Waals surface area (Å²) in [5.41, 5.74) is 2.39. The van der Waals surface area contributed by atoms with Crippen LogP contribution >= 0.6 is 27.5 Å². The molecule has 5 heteroatoms. The Morgan fingerprint density at radius 3 is 2.68 bits per heavy atom. The lowest BCUT2D eigenvalue weighted by molar-refractivity contribution is 0.812. The van der Waals surface area contributed by atoms with Crippen LogP contribution in [0.3, 0.4) is 0 Å². The maximum absolute atomic E-state index is 5.96. The van der Waals surface area contributed by atoms with Crippen LogP contribution in [0, 0.1) is 0 Å². The Morgan fingerprint density at radius 2 is 1.95 bits per heavy atom. The number of aromatic nitrogens is 1. The Labute approximate surface area is 125 Å². The van der Waals surface area contributed by atoms with Gasteiger partial charge in [0.1, 0.15) is 5.82 Å². The Bertz CT molecular complexity index is 617. The molecule has 0 N–H and O–H groups in total. The summed E-state index contributed by atoms with van der Waals surface area (Å²) in [5, 5.41) is 0.637. The van der Waals surface area contributed by atoms with Crippen molar-refractivity contribution in [3.63, 3.8) is 0 Å². The third-order valence-corrected chi connectivity index (χ3v) is 4.08. The fourth-order valence-corrected chi connectivity index (χ4v) is 3.18. The second-order valence-corrected chi connectivity index (χ2v) is 5.81. The summed E-state index contributed by atoms with van der Waals surface area (Å²) in [6.07, 6.45) is 1.68. The highest BCUT2D eigenvalue weighted by atomic mass is 79.9. The van der Waals surface area contributed by atoms with Gasteiger partial charge >= 0.3 is 0 Å². The van der Waals surface area contributed by atoms with Crippen molar-refractivity contribution >= 4 is 44.7 Å². The second-order valence-electron chi connectivity index (χ2n) is 4.52. The van der Waals surface area contributed by atoms with Gasteiger partial charge in [0.2, 0.25) is 0 Å². The van der Waals surface area contributed by atoms with E-state index in [9.17, 15) is 0 Å². The number of nitrogens with zero attached hydrogens (tertiary/aromatic N) is 3. The zero-order valence-electron chi connectivity index (χ0n) is 10.5. The van der Waals surface area contributed by atoms with E-state index in [0.717, 1.165) is 23.4 Å². The predicted molar refractivity (Wildman–Crippen MR) is 83.7 cm³/mol. The molecule has 0 atom stereocenters. The van der Waals surface area contributed by atoms with Gasteiger partial charge in [-0.25, -0.2) is 4.98 Å². The highest BCUT2D eigenvalue weighted by Gasteiger charge is 2.23. The van der Waals surface area contributed by atoms with Gasteiger partial charge in [-0.1, -0.05) is 23.7 Å². The van der Waals surface area contributed by atoms with E-state index in [1.54, 1.807) is 6.20 Å². The molecule has 2 aromatic rings. The van der Waals surface area contributed by atoms with E-state index in [-0.39, 0.29) is 0 Å². The van der Waals surface area contributed by atoms with Gasteiger partial charge in [-0.05, 0) is 34.1 Å². The molecule has 19 heavy (non-hydrogen) atoms. The van der Waals surface area contributed by atoms with Crippen LogP contribution in [0.4, 0.5) is 17.2 Å². The van der Waals surface area contributed by atoms with E-state index >= 15 is 0 Å². The topological polar surface area (TPSA) is 19.4 Å². The molecular weight excluding hydrogens is 326 g/mol. The van der Waals surface area contributed by atoms with Gasteiger partial charge in [-0.15, -0.1) is 0 Å². The highest BCUT2D eigenvalue weighted by Crippen LogP contribution is 2.39. The van der Waals surface area contributed by atoms with Crippen molar-refractivity contribution in [3.8, 4) is 0 Å². The van der Waals surface area contributed by atoms with Gasteiger partial charge < -0.3 is 9.80 Å². The molecule has 0 spiro atoms. The average Bonchev–Trinajstić information content (AvgIpc) is 2.41. The molecule has 0 unspecified atom stereocenters. The van der Waals surface area contributed by atoms with E-state index in [2.05, 4.69) is 62.0 Å². The molecule has 0 fully saturated rings. The predicted octanol–water partition coefficient (Wildman–Crippen LogP) is 4.09. The normalized spacial score (nSPS) is 14.5. The number of rotatable bonds is 1. The molecule has 0 radical (unpaired) electrons. The molecule has 1 aromatic carbocycles. The number of benzene rings is 1. The summed E-state index contributed by atoms with van der Waals surface area (Å²) in [4.78, 5) is 8.93. The molecule has 1 aliphatic rings. The summed E-state index contributed by atoms with van der Waals surface area (Å²) in [6.45, 7) is 1.87. The molecular formula is C14H13BrClN3. The van der Waals surface area contributed by atoms with Gasteiger partial charge in [0.05, 0.1) is 20.9 Å². The molecule has 1 aromatic heterocycles. The number of para-hydroxylation sites is 2. The average molecular weight is 339 g/mol. The van der Waals surface area contributed by atoms with Crippen molar-refractivity contribution in [3.05, 3.63) is 46.0 Å². The molecule has 1 aliphatic heterocycles. The Morgan fingerprint density at radius 1 is 1.21 bits per heavy atom. The molecule has 3 nitrogen and oxygen atoms in total. The first-order valence-electron chi connectivity index (χ1n) is 6.05. The molecule has 0 saturated carbocycles. The van der Waals surface area contributed by atoms with Crippen LogP contribution in [0.2, 0.25) is 5.02 Å². The van der Waals surface area contributed by atoms with Crippen LogP contribution < -0.4 is 9.80 Å². The minimum Gasteiger partial charge on any atom is -0.371 e. The fraction of sp³-hybridized carbons (Fsp3) is 0.214.